The number of nitrogens with zero attached hydrogens (tertiary/aromatic N) is 3. The molecule has 5 nitrogen and oxygen atoms in total. The standard InChI is InChI=1S/C15H16F3N3O2/c1-4-23-13-12(15(16,17)18)9-19-14(20-13)21(2)10-5-7-11(22-3)8-6-10/h5-9H,4H2,1-3H3. The molecule has 0 atom stereocenters. The summed E-state index contributed by atoms with van der Waals surface area (Å²) in [6.07, 6.45) is -3.84. The molecule has 0 saturated heterocycles. The van der Waals surface area contributed by atoms with E-state index in [0.717, 1.165) is 6.20 Å². The lowest BCUT2D eigenvalue weighted by atomic mass is 10.3. The minimum absolute atomic E-state index is 0.0752. The van der Waals surface area contributed by atoms with Crippen molar-refractivity contribution in [3.63, 3.8) is 0 Å². The van der Waals surface area contributed by atoms with Gasteiger partial charge in [-0.15, -0.1) is 0 Å². The summed E-state index contributed by atoms with van der Waals surface area (Å²) in [5.74, 6) is 0.294. The summed E-state index contributed by atoms with van der Waals surface area (Å²) in [6.45, 7) is 1.67. The highest BCUT2D eigenvalue weighted by Gasteiger charge is 2.36. The molecule has 0 N–H and O–H groups in total. The van der Waals surface area contributed by atoms with Crippen molar-refractivity contribution in [1.29, 1.82) is 0 Å². The molecule has 0 fully saturated rings. The van der Waals surface area contributed by atoms with Crippen LogP contribution in [0.25, 0.3) is 0 Å². The van der Waals surface area contributed by atoms with Crippen molar-refractivity contribution in [2.24, 2.45) is 0 Å². The molecule has 124 valence electrons. The number of halogens is 3. The van der Waals surface area contributed by atoms with Crippen LogP contribution in [0.2, 0.25) is 0 Å². The first kappa shape index (κ1) is 16.9. The zero-order chi connectivity index (χ0) is 17.0. The van der Waals surface area contributed by atoms with E-state index < -0.39 is 17.6 Å². The predicted octanol–water partition coefficient (Wildman–Crippen LogP) is 3.67. The SMILES string of the molecule is CCOc1nc(N(C)c2ccc(OC)cc2)ncc1C(F)(F)F. The molecule has 0 aliphatic heterocycles. The molecule has 0 bridgehead atoms. The Morgan fingerprint density at radius 1 is 1.17 bits per heavy atom. The lowest BCUT2D eigenvalue weighted by Crippen LogP contribution is -2.17. The summed E-state index contributed by atoms with van der Waals surface area (Å²) in [7, 11) is 3.20. The Hall–Kier alpha value is -2.51. The molecule has 0 amide bonds. The van der Waals surface area contributed by atoms with Gasteiger partial charge in [0, 0.05) is 18.9 Å². The quantitative estimate of drug-likeness (QED) is 0.838. The third-order valence-electron chi connectivity index (χ3n) is 3.09. The van der Waals surface area contributed by atoms with Gasteiger partial charge in [-0.2, -0.15) is 18.2 Å². The lowest BCUT2D eigenvalue weighted by Gasteiger charge is -2.19. The van der Waals surface area contributed by atoms with Crippen LogP contribution in [0.3, 0.4) is 0 Å². The average molecular weight is 327 g/mol. The van der Waals surface area contributed by atoms with Gasteiger partial charge in [-0.05, 0) is 31.2 Å². The van der Waals surface area contributed by atoms with Crippen LogP contribution in [-0.2, 0) is 6.18 Å². The Morgan fingerprint density at radius 2 is 1.83 bits per heavy atom. The van der Waals surface area contributed by atoms with E-state index >= 15 is 0 Å². The van der Waals surface area contributed by atoms with Gasteiger partial charge in [0.15, 0.2) is 0 Å². The van der Waals surface area contributed by atoms with Gasteiger partial charge < -0.3 is 14.4 Å². The summed E-state index contributed by atoms with van der Waals surface area (Å²) in [5.41, 5.74) is -0.292. The van der Waals surface area contributed by atoms with Crippen molar-refractivity contribution in [3.8, 4) is 11.6 Å². The number of hydrogen-bond acceptors (Lipinski definition) is 5. The van der Waals surface area contributed by atoms with Gasteiger partial charge in [0.05, 0.1) is 13.7 Å². The van der Waals surface area contributed by atoms with Crippen molar-refractivity contribution in [3.05, 3.63) is 36.0 Å². The van der Waals surface area contributed by atoms with Crippen LogP contribution < -0.4 is 14.4 Å². The fourth-order valence-corrected chi connectivity index (χ4v) is 1.88. The van der Waals surface area contributed by atoms with Crippen molar-refractivity contribution in [2.75, 3.05) is 25.7 Å². The third kappa shape index (κ3) is 3.82. The minimum atomic E-state index is -4.57. The molecule has 0 saturated carbocycles. The molecule has 23 heavy (non-hydrogen) atoms. The number of alkyl halides is 3. The van der Waals surface area contributed by atoms with Crippen LogP contribution in [0.4, 0.5) is 24.8 Å². The van der Waals surface area contributed by atoms with E-state index in [9.17, 15) is 13.2 Å². The Balaban J connectivity index is 2.36. The molecule has 2 aromatic rings. The highest BCUT2D eigenvalue weighted by molar-refractivity contribution is 5.58. The Bertz CT molecular complexity index is 660. The highest BCUT2D eigenvalue weighted by atomic mass is 19.4. The molecule has 0 aliphatic rings. The summed E-state index contributed by atoms with van der Waals surface area (Å²) < 4.78 is 48.8. The number of hydrogen-bond donors (Lipinski definition) is 0. The molecule has 8 heteroatoms. The maximum atomic E-state index is 12.9. The van der Waals surface area contributed by atoms with Gasteiger partial charge in [0.2, 0.25) is 11.8 Å². The number of aromatic nitrogens is 2. The predicted molar refractivity (Wildman–Crippen MR) is 79.3 cm³/mol. The third-order valence-corrected chi connectivity index (χ3v) is 3.09. The molecule has 0 radical (unpaired) electrons. The van der Waals surface area contributed by atoms with Gasteiger partial charge >= 0.3 is 6.18 Å². The number of anilines is 2. The topological polar surface area (TPSA) is 47.5 Å². The fourth-order valence-electron chi connectivity index (χ4n) is 1.88. The van der Waals surface area contributed by atoms with Gasteiger partial charge in [-0.3, -0.25) is 0 Å². The van der Waals surface area contributed by atoms with E-state index in [1.54, 1.807) is 50.2 Å². The molecule has 0 spiro atoms. The number of ether oxygens (including phenoxy) is 2. The van der Waals surface area contributed by atoms with Crippen LogP contribution >= 0.6 is 0 Å². The zero-order valence-corrected chi connectivity index (χ0v) is 12.9. The van der Waals surface area contributed by atoms with Crippen LogP contribution in [-0.4, -0.2) is 30.7 Å². The van der Waals surface area contributed by atoms with Crippen LogP contribution in [0.1, 0.15) is 12.5 Å². The minimum Gasteiger partial charge on any atom is -0.497 e. The number of benzene rings is 1. The monoisotopic (exact) mass is 327 g/mol. The Morgan fingerprint density at radius 3 is 2.35 bits per heavy atom. The van der Waals surface area contributed by atoms with Crippen molar-refractivity contribution in [1.82, 2.24) is 9.97 Å². The van der Waals surface area contributed by atoms with Crippen molar-refractivity contribution >= 4 is 11.6 Å². The molecular formula is C15H16F3N3O2. The molecule has 1 aromatic carbocycles. The van der Waals surface area contributed by atoms with Gasteiger partial charge in [-0.1, -0.05) is 0 Å². The molecule has 0 unspecified atom stereocenters. The maximum absolute atomic E-state index is 12.9. The Kier molecular flexibility index (Phi) is 4.92. The van der Waals surface area contributed by atoms with Crippen LogP contribution in [0.15, 0.2) is 30.5 Å². The second kappa shape index (κ2) is 6.72. The molecule has 1 heterocycles. The number of methoxy groups -OCH3 is 1. The van der Waals surface area contributed by atoms with Crippen LogP contribution in [0.5, 0.6) is 11.6 Å². The molecular weight excluding hydrogens is 311 g/mol. The van der Waals surface area contributed by atoms with E-state index in [1.165, 1.54) is 0 Å². The summed E-state index contributed by atoms with van der Waals surface area (Å²) in [5, 5.41) is 0. The largest absolute Gasteiger partial charge is 0.497 e. The van der Waals surface area contributed by atoms with E-state index in [2.05, 4.69) is 9.97 Å². The fraction of sp³-hybridized carbons (Fsp3) is 0.333. The van der Waals surface area contributed by atoms with E-state index in [1.807, 2.05) is 0 Å². The first-order valence-electron chi connectivity index (χ1n) is 6.81. The molecule has 2 rings (SSSR count). The van der Waals surface area contributed by atoms with Gasteiger partial charge in [-0.25, -0.2) is 4.98 Å². The van der Waals surface area contributed by atoms with Gasteiger partial charge in [0.25, 0.3) is 0 Å². The maximum Gasteiger partial charge on any atom is 0.423 e. The van der Waals surface area contributed by atoms with Crippen LogP contribution in [0, 0.1) is 0 Å². The highest BCUT2D eigenvalue weighted by Crippen LogP contribution is 2.36. The normalized spacial score (nSPS) is 11.2. The smallest absolute Gasteiger partial charge is 0.423 e. The van der Waals surface area contributed by atoms with Gasteiger partial charge in [0.1, 0.15) is 11.3 Å². The average Bonchev–Trinajstić information content (AvgIpc) is 2.53. The van der Waals surface area contributed by atoms with E-state index in [0.29, 0.717) is 11.4 Å². The van der Waals surface area contributed by atoms with Crippen molar-refractivity contribution in [2.45, 2.75) is 13.1 Å². The summed E-state index contributed by atoms with van der Waals surface area (Å²) in [6, 6.07) is 6.97. The number of rotatable bonds is 5. The summed E-state index contributed by atoms with van der Waals surface area (Å²) in [4.78, 5) is 9.24. The first-order chi connectivity index (χ1) is 10.9. The Labute approximate surface area is 131 Å². The van der Waals surface area contributed by atoms with E-state index in [-0.39, 0.29) is 12.6 Å². The lowest BCUT2D eigenvalue weighted by molar-refractivity contribution is -0.139. The zero-order valence-electron chi connectivity index (χ0n) is 12.9. The molecule has 0 aliphatic carbocycles. The second-order valence-electron chi connectivity index (χ2n) is 4.58. The van der Waals surface area contributed by atoms with E-state index in [4.69, 9.17) is 9.47 Å². The second-order valence-corrected chi connectivity index (χ2v) is 4.58. The summed E-state index contributed by atoms with van der Waals surface area (Å²) >= 11 is 0. The molecule has 1 aromatic heterocycles. The van der Waals surface area contributed by atoms with Crippen molar-refractivity contribution < 1.29 is 22.6 Å². The first-order valence-corrected chi connectivity index (χ1v) is 6.81.